The van der Waals surface area contributed by atoms with E-state index < -0.39 is 18.0 Å². The van der Waals surface area contributed by atoms with Gasteiger partial charge in [0.2, 0.25) is 5.91 Å². The van der Waals surface area contributed by atoms with Crippen LogP contribution in [-0.2, 0) is 4.79 Å². The average Bonchev–Trinajstić information content (AvgIpc) is 3.52. The van der Waals surface area contributed by atoms with E-state index >= 15 is 0 Å². The van der Waals surface area contributed by atoms with Crippen LogP contribution < -0.4 is 4.90 Å². The van der Waals surface area contributed by atoms with Crippen molar-refractivity contribution < 1.29 is 22.8 Å². The topological polar surface area (TPSA) is 67.6 Å². The summed E-state index contributed by atoms with van der Waals surface area (Å²) in [5.74, 6) is -2.06. The van der Waals surface area contributed by atoms with E-state index in [-0.39, 0.29) is 37.6 Å². The molecule has 0 N–H and O–H groups in total. The molecule has 3 heterocycles. The number of thiophene rings is 1. The van der Waals surface area contributed by atoms with E-state index in [0.29, 0.717) is 10.6 Å². The highest BCUT2D eigenvalue weighted by atomic mass is 32.1. The zero-order valence-electron chi connectivity index (χ0n) is 21.9. The number of aryl methyl sites for hydroxylation is 1. The number of benzene rings is 1. The number of halogens is 3. The molecule has 0 saturated heterocycles. The summed E-state index contributed by atoms with van der Waals surface area (Å²) < 4.78 is 41.1. The molecule has 1 aromatic carbocycles. The lowest BCUT2D eigenvalue weighted by atomic mass is 9.81. The summed E-state index contributed by atoms with van der Waals surface area (Å²) in [6.07, 6.45) is -1.32. The minimum Gasteiger partial charge on any atom is -0.308 e. The van der Waals surface area contributed by atoms with Crippen LogP contribution in [0.3, 0.4) is 0 Å². The Morgan fingerprint density at radius 1 is 1.08 bits per heavy atom. The molecule has 1 fully saturated rings. The third-order valence-electron chi connectivity index (χ3n) is 7.33. The normalized spacial score (nSPS) is 18.0. The molecule has 204 valence electrons. The predicted molar refractivity (Wildman–Crippen MR) is 146 cm³/mol. The molecule has 1 aliphatic carbocycles. The number of aldehydes is 1. The number of anilines is 1. The highest BCUT2D eigenvalue weighted by Crippen LogP contribution is 2.42. The Morgan fingerprint density at radius 3 is 2.36 bits per heavy atom. The smallest absolute Gasteiger partial charge is 0.308 e. The number of aromatic nitrogens is 3. The standard InChI is InChI=1S/C29H29F3N4O2S/c1-17(2)36(28(38)21-8-10-22(11-9-21)29(30,31)32)24-15-25(39-26(24)16-37)20-6-4-19(5-7-20)23-14-27-33-18(3)12-13-35(27)34-23/h4-7,12-17,21-22H,8-11H2,1-3H3/t21-,22-. The first-order valence-electron chi connectivity index (χ1n) is 13.0. The molecular formula is C29H29F3N4O2S. The second-order valence-corrected chi connectivity index (χ2v) is 11.4. The van der Waals surface area contributed by atoms with E-state index in [1.807, 2.05) is 69.4 Å². The van der Waals surface area contributed by atoms with Crippen LogP contribution in [0.4, 0.5) is 18.9 Å². The molecule has 5 rings (SSSR count). The van der Waals surface area contributed by atoms with Gasteiger partial charge in [0.15, 0.2) is 11.9 Å². The zero-order valence-corrected chi connectivity index (χ0v) is 22.7. The Hall–Kier alpha value is -3.53. The quantitative estimate of drug-likeness (QED) is 0.234. The highest BCUT2D eigenvalue weighted by molar-refractivity contribution is 7.17. The van der Waals surface area contributed by atoms with Gasteiger partial charge in [-0.1, -0.05) is 24.3 Å². The number of alkyl halides is 3. The van der Waals surface area contributed by atoms with Gasteiger partial charge in [0.05, 0.1) is 22.2 Å². The first kappa shape index (κ1) is 27.1. The average molecular weight is 555 g/mol. The summed E-state index contributed by atoms with van der Waals surface area (Å²) in [6, 6.07) is 13.2. The molecule has 0 spiro atoms. The first-order valence-corrected chi connectivity index (χ1v) is 13.8. The molecular weight excluding hydrogens is 525 g/mol. The molecule has 4 aromatic rings. The molecule has 0 aliphatic heterocycles. The Balaban J connectivity index is 1.39. The number of hydrogen-bond acceptors (Lipinski definition) is 5. The van der Waals surface area contributed by atoms with Crippen molar-refractivity contribution in [3.05, 3.63) is 59.2 Å². The predicted octanol–water partition coefficient (Wildman–Crippen LogP) is 7.36. The van der Waals surface area contributed by atoms with Crippen LogP contribution in [0, 0.1) is 18.8 Å². The maximum Gasteiger partial charge on any atom is 0.391 e. The number of amides is 1. The fourth-order valence-corrected chi connectivity index (χ4v) is 6.22. The van der Waals surface area contributed by atoms with Crippen LogP contribution in [0.5, 0.6) is 0 Å². The maximum atomic E-state index is 13.5. The van der Waals surface area contributed by atoms with Crippen LogP contribution in [0.2, 0.25) is 0 Å². The van der Waals surface area contributed by atoms with Gasteiger partial charge in [-0.05, 0) is 64.2 Å². The number of rotatable bonds is 6. The van der Waals surface area contributed by atoms with Crippen molar-refractivity contribution >= 4 is 34.9 Å². The summed E-state index contributed by atoms with van der Waals surface area (Å²) >= 11 is 1.29. The third-order valence-corrected chi connectivity index (χ3v) is 8.43. The SMILES string of the molecule is Cc1ccn2nc(-c3ccc(-c4cc(N(C(=O)[C@H]5CC[C@H](C(F)(F)F)CC5)C(C)C)c(C=O)s4)cc3)cc2n1. The van der Waals surface area contributed by atoms with Crippen LogP contribution in [0.1, 0.15) is 54.9 Å². The zero-order chi connectivity index (χ0) is 27.9. The molecule has 0 atom stereocenters. The fraction of sp³-hybridized carbons (Fsp3) is 0.379. The number of hydrogen-bond donors (Lipinski definition) is 0. The fourth-order valence-electron chi connectivity index (χ4n) is 5.25. The molecule has 39 heavy (non-hydrogen) atoms. The molecule has 0 radical (unpaired) electrons. The van der Waals surface area contributed by atoms with Crippen LogP contribution in [0.15, 0.2) is 48.7 Å². The van der Waals surface area contributed by atoms with Crippen molar-refractivity contribution in [3.8, 4) is 21.7 Å². The molecule has 1 aliphatic rings. The molecule has 1 saturated carbocycles. The summed E-state index contributed by atoms with van der Waals surface area (Å²) in [7, 11) is 0. The van der Waals surface area contributed by atoms with E-state index in [1.165, 1.54) is 11.3 Å². The lowest BCUT2D eigenvalue weighted by Crippen LogP contribution is -2.43. The second kappa shape index (κ2) is 10.6. The summed E-state index contributed by atoms with van der Waals surface area (Å²) in [4.78, 5) is 32.9. The van der Waals surface area contributed by atoms with Gasteiger partial charge in [-0.2, -0.15) is 18.3 Å². The number of carbonyl (C=O) groups excluding carboxylic acids is 2. The van der Waals surface area contributed by atoms with Gasteiger partial charge in [-0.15, -0.1) is 11.3 Å². The van der Waals surface area contributed by atoms with E-state index in [1.54, 1.807) is 9.42 Å². The first-order chi connectivity index (χ1) is 18.5. The van der Waals surface area contributed by atoms with Crippen molar-refractivity contribution in [2.24, 2.45) is 11.8 Å². The molecule has 3 aromatic heterocycles. The number of carbonyl (C=O) groups is 2. The molecule has 10 heteroatoms. The van der Waals surface area contributed by atoms with Gasteiger partial charge < -0.3 is 4.90 Å². The molecule has 0 unspecified atom stereocenters. The summed E-state index contributed by atoms with van der Waals surface area (Å²) in [6.45, 7) is 5.63. The number of nitrogens with zero attached hydrogens (tertiary/aromatic N) is 4. The van der Waals surface area contributed by atoms with Gasteiger partial charge in [0.1, 0.15) is 0 Å². The molecule has 6 nitrogen and oxygen atoms in total. The Kier molecular flexibility index (Phi) is 7.33. The summed E-state index contributed by atoms with van der Waals surface area (Å²) in [5, 5.41) is 4.59. The highest BCUT2D eigenvalue weighted by Gasteiger charge is 2.43. The number of fused-ring (bicyclic) bond motifs is 1. The largest absolute Gasteiger partial charge is 0.391 e. The van der Waals surface area contributed by atoms with Crippen LogP contribution in [0.25, 0.3) is 27.3 Å². The summed E-state index contributed by atoms with van der Waals surface area (Å²) in [5.41, 5.74) is 4.77. The lowest BCUT2D eigenvalue weighted by Gasteiger charge is -2.34. The van der Waals surface area contributed by atoms with Crippen molar-refractivity contribution in [1.82, 2.24) is 14.6 Å². The Bertz CT molecular complexity index is 1500. The van der Waals surface area contributed by atoms with E-state index in [9.17, 15) is 22.8 Å². The Labute approximate surface area is 228 Å². The van der Waals surface area contributed by atoms with Gasteiger partial charge in [0.25, 0.3) is 0 Å². The van der Waals surface area contributed by atoms with Crippen molar-refractivity contribution in [2.45, 2.75) is 58.7 Å². The van der Waals surface area contributed by atoms with E-state index in [0.717, 1.165) is 39.3 Å². The maximum absolute atomic E-state index is 13.5. The molecule has 1 amide bonds. The van der Waals surface area contributed by atoms with E-state index in [2.05, 4.69) is 10.1 Å². The van der Waals surface area contributed by atoms with Crippen LogP contribution in [-0.4, -0.2) is 39.0 Å². The third kappa shape index (κ3) is 5.48. The second-order valence-electron chi connectivity index (χ2n) is 10.3. The van der Waals surface area contributed by atoms with Crippen molar-refractivity contribution in [2.75, 3.05) is 4.90 Å². The minimum absolute atomic E-state index is 0.0460. The van der Waals surface area contributed by atoms with Crippen LogP contribution >= 0.6 is 11.3 Å². The van der Waals surface area contributed by atoms with Gasteiger partial charge in [-0.3, -0.25) is 9.59 Å². The van der Waals surface area contributed by atoms with Gasteiger partial charge in [0, 0.05) is 40.4 Å². The Morgan fingerprint density at radius 2 is 1.74 bits per heavy atom. The van der Waals surface area contributed by atoms with E-state index in [4.69, 9.17) is 0 Å². The lowest BCUT2D eigenvalue weighted by molar-refractivity contribution is -0.184. The van der Waals surface area contributed by atoms with Crippen molar-refractivity contribution in [1.29, 1.82) is 0 Å². The monoisotopic (exact) mass is 554 g/mol. The molecule has 0 bridgehead atoms. The van der Waals surface area contributed by atoms with Crippen molar-refractivity contribution in [3.63, 3.8) is 0 Å². The minimum atomic E-state index is -4.23. The van der Waals surface area contributed by atoms with Gasteiger partial charge >= 0.3 is 6.18 Å². The van der Waals surface area contributed by atoms with Gasteiger partial charge in [-0.25, -0.2) is 9.50 Å².